The van der Waals surface area contributed by atoms with Gasteiger partial charge < -0.3 is 10.2 Å². The van der Waals surface area contributed by atoms with E-state index in [1.807, 2.05) is 75.4 Å². The zero-order chi connectivity index (χ0) is 25.6. The summed E-state index contributed by atoms with van der Waals surface area (Å²) in [6.45, 7) is 5.86. The second-order valence-electron chi connectivity index (χ2n) is 9.47. The Morgan fingerprint density at radius 1 is 1.00 bits per heavy atom. The molecule has 3 aromatic carbocycles. The zero-order valence-electron chi connectivity index (χ0n) is 20.0. The summed E-state index contributed by atoms with van der Waals surface area (Å²) in [5.41, 5.74) is 1.38. The molecule has 0 aliphatic carbocycles. The van der Waals surface area contributed by atoms with Crippen molar-refractivity contribution in [2.75, 3.05) is 0 Å². The highest BCUT2D eigenvalue weighted by molar-refractivity contribution is 9.10. The first-order chi connectivity index (χ1) is 16.5. The van der Waals surface area contributed by atoms with Gasteiger partial charge in [-0.2, -0.15) is 0 Å². The van der Waals surface area contributed by atoms with E-state index in [-0.39, 0.29) is 35.4 Å². The fourth-order valence-corrected chi connectivity index (χ4v) is 4.47. The molecule has 0 saturated carbocycles. The topological polar surface area (TPSA) is 49.4 Å². The van der Waals surface area contributed by atoms with E-state index in [0.29, 0.717) is 6.42 Å². The molecule has 0 aromatic heterocycles. The first-order valence-electron chi connectivity index (χ1n) is 11.4. The van der Waals surface area contributed by atoms with Crippen LogP contribution < -0.4 is 5.32 Å². The van der Waals surface area contributed by atoms with Gasteiger partial charge in [-0.3, -0.25) is 9.59 Å². The number of halogens is 3. The summed E-state index contributed by atoms with van der Waals surface area (Å²) in [4.78, 5) is 28.8. The third-order valence-corrected chi connectivity index (χ3v) is 6.25. The minimum absolute atomic E-state index is 0.119. The predicted molar refractivity (Wildman–Crippen MR) is 142 cm³/mol. The first-order valence-corrected chi connectivity index (χ1v) is 12.5. The van der Waals surface area contributed by atoms with Crippen LogP contribution in [-0.4, -0.2) is 28.3 Å². The van der Waals surface area contributed by atoms with E-state index in [9.17, 15) is 14.0 Å². The van der Waals surface area contributed by atoms with Gasteiger partial charge in [0.1, 0.15) is 11.9 Å². The fraction of sp³-hybridized carbons (Fsp3) is 0.286. The van der Waals surface area contributed by atoms with Crippen LogP contribution in [0.15, 0.2) is 77.3 Å². The van der Waals surface area contributed by atoms with Crippen LogP contribution in [0.4, 0.5) is 4.39 Å². The maximum atomic E-state index is 14.5. The van der Waals surface area contributed by atoms with Gasteiger partial charge in [0.25, 0.3) is 0 Å². The lowest BCUT2D eigenvalue weighted by atomic mass is 9.99. The van der Waals surface area contributed by atoms with E-state index in [0.717, 1.165) is 15.6 Å². The maximum absolute atomic E-state index is 14.5. The molecule has 1 atom stereocenters. The molecular formula is C28H29BrClFN2O2. The number of carbonyl (C=O) groups excluding carboxylic acids is 2. The third-order valence-electron chi connectivity index (χ3n) is 5.40. The summed E-state index contributed by atoms with van der Waals surface area (Å²) >= 11 is 9.69. The zero-order valence-corrected chi connectivity index (χ0v) is 22.4. The van der Waals surface area contributed by atoms with Crippen molar-refractivity contribution < 1.29 is 14.0 Å². The van der Waals surface area contributed by atoms with Crippen molar-refractivity contribution in [1.82, 2.24) is 10.2 Å². The molecule has 3 aromatic rings. The SMILES string of the molecule is CC(C)(C)NC(=O)[C@@H](Cc1ccccc1)N(Cc1cccc(Br)c1)C(=O)Cc1c(F)cccc1Cl. The van der Waals surface area contributed by atoms with Crippen molar-refractivity contribution in [3.63, 3.8) is 0 Å². The van der Waals surface area contributed by atoms with Crippen LogP contribution in [0, 0.1) is 5.82 Å². The minimum Gasteiger partial charge on any atom is -0.350 e. The Balaban J connectivity index is 2.03. The molecule has 2 amide bonds. The van der Waals surface area contributed by atoms with E-state index in [1.165, 1.54) is 17.0 Å². The summed E-state index contributed by atoms with van der Waals surface area (Å²) in [5, 5.41) is 3.20. The molecule has 0 saturated heterocycles. The van der Waals surface area contributed by atoms with Crippen molar-refractivity contribution >= 4 is 39.3 Å². The van der Waals surface area contributed by atoms with Crippen molar-refractivity contribution in [3.8, 4) is 0 Å². The number of nitrogens with zero attached hydrogens (tertiary/aromatic N) is 1. The second kappa shape index (κ2) is 11.8. The molecule has 0 aliphatic rings. The van der Waals surface area contributed by atoms with Crippen LogP contribution in [-0.2, 0) is 29.0 Å². The molecule has 0 aliphatic heterocycles. The summed E-state index contributed by atoms with van der Waals surface area (Å²) < 4.78 is 15.4. The first kappa shape index (κ1) is 26.9. The van der Waals surface area contributed by atoms with Gasteiger partial charge in [0.15, 0.2) is 0 Å². The van der Waals surface area contributed by atoms with E-state index in [2.05, 4.69) is 21.2 Å². The second-order valence-corrected chi connectivity index (χ2v) is 10.8. The lowest BCUT2D eigenvalue weighted by molar-refractivity contribution is -0.141. The Morgan fingerprint density at radius 2 is 1.66 bits per heavy atom. The fourth-order valence-electron chi connectivity index (χ4n) is 3.79. The molecule has 3 rings (SSSR count). The Labute approximate surface area is 219 Å². The Bertz CT molecular complexity index is 1160. The summed E-state index contributed by atoms with van der Waals surface area (Å²) in [7, 11) is 0. The average molecular weight is 560 g/mol. The van der Waals surface area contributed by atoms with Gasteiger partial charge in [0.05, 0.1) is 6.42 Å². The lowest BCUT2D eigenvalue weighted by Gasteiger charge is -2.34. The largest absolute Gasteiger partial charge is 0.350 e. The van der Waals surface area contributed by atoms with Gasteiger partial charge >= 0.3 is 0 Å². The monoisotopic (exact) mass is 558 g/mol. The smallest absolute Gasteiger partial charge is 0.243 e. The summed E-state index contributed by atoms with van der Waals surface area (Å²) in [5.74, 6) is -1.21. The molecular weight excluding hydrogens is 531 g/mol. The summed E-state index contributed by atoms with van der Waals surface area (Å²) in [6.07, 6.45) is 0.0566. The molecule has 0 unspecified atom stereocenters. The third kappa shape index (κ3) is 7.91. The van der Waals surface area contributed by atoms with Gasteiger partial charge in [-0.25, -0.2) is 4.39 Å². The predicted octanol–water partition coefficient (Wildman–Crippen LogP) is 6.34. The van der Waals surface area contributed by atoms with Gasteiger partial charge in [0.2, 0.25) is 11.8 Å². The van der Waals surface area contributed by atoms with Crippen LogP contribution in [0.3, 0.4) is 0 Å². The van der Waals surface area contributed by atoms with Gasteiger partial charge in [-0.15, -0.1) is 0 Å². The van der Waals surface area contributed by atoms with Crippen molar-refractivity contribution in [2.24, 2.45) is 0 Å². The Kier molecular flexibility index (Phi) is 9.09. The Morgan fingerprint density at radius 3 is 2.29 bits per heavy atom. The van der Waals surface area contributed by atoms with Crippen LogP contribution in [0.25, 0.3) is 0 Å². The molecule has 7 heteroatoms. The highest BCUT2D eigenvalue weighted by Gasteiger charge is 2.32. The normalized spacial score (nSPS) is 12.2. The standard InChI is InChI=1S/C28H29BrClFN2O2/c1-28(2,3)32-27(35)25(16-19-9-5-4-6-10-19)33(18-20-11-7-12-21(29)15-20)26(34)17-22-23(30)13-8-14-24(22)31/h4-15,25H,16-18H2,1-3H3,(H,32,35)/t25-/m1/s1. The van der Waals surface area contributed by atoms with Gasteiger partial charge in [-0.05, 0) is 56.2 Å². The van der Waals surface area contributed by atoms with Crippen LogP contribution >= 0.6 is 27.5 Å². The number of amides is 2. The number of carbonyl (C=O) groups is 2. The quantitative estimate of drug-likeness (QED) is 0.350. The van der Waals surface area contributed by atoms with Crippen molar-refractivity contribution in [3.05, 3.63) is 105 Å². The number of benzene rings is 3. The molecule has 35 heavy (non-hydrogen) atoms. The van der Waals surface area contributed by atoms with Crippen molar-refractivity contribution in [1.29, 1.82) is 0 Å². The molecule has 0 bridgehead atoms. The Hall–Kier alpha value is -2.70. The molecule has 0 heterocycles. The van der Waals surface area contributed by atoms with Crippen LogP contribution in [0.5, 0.6) is 0 Å². The van der Waals surface area contributed by atoms with Gasteiger partial charge in [-0.1, -0.05) is 76.1 Å². The minimum atomic E-state index is -0.811. The van der Waals surface area contributed by atoms with Crippen LogP contribution in [0.2, 0.25) is 5.02 Å². The van der Waals surface area contributed by atoms with Gasteiger partial charge in [0, 0.05) is 33.6 Å². The van der Waals surface area contributed by atoms with Crippen LogP contribution in [0.1, 0.15) is 37.5 Å². The average Bonchev–Trinajstić information content (AvgIpc) is 2.78. The molecule has 0 radical (unpaired) electrons. The van der Waals surface area contributed by atoms with E-state index >= 15 is 0 Å². The van der Waals surface area contributed by atoms with E-state index < -0.39 is 17.4 Å². The number of nitrogens with one attached hydrogen (secondary N) is 1. The number of hydrogen-bond acceptors (Lipinski definition) is 2. The molecule has 184 valence electrons. The number of hydrogen-bond donors (Lipinski definition) is 1. The molecule has 0 spiro atoms. The lowest BCUT2D eigenvalue weighted by Crippen LogP contribution is -2.54. The molecule has 4 nitrogen and oxygen atoms in total. The number of rotatable bonds is 8. The highest BCUT2D eigenvalue weighted by atomic mass is 79.9. The highest BCUT2D eigenvalue weighted by Crippen LogP contribution is 2.23. The summed E-state index contributed by atoms with van der Waals surface area (Å²) in [6, 6.07) is 20.6. The maximum Gasteiger partial charge on any atom is 0.243 e. The molecule has 0 fully saturated rings. The molecule has 1 N–H and O–H groups in total. The van der Waals surface area contributed by atoms with E-state index in [4.69, 9.17) is 11.6 Å². The van der Waals surface area contributed by atoms with E-state index in [1.54, 1.807) is 6.07 Å². The van der Waals surface area contributed by atoms with Crippen molar-refractivity contribution in [2.45, 2.75) is 51.7 Å².